The summed E-state index contributed by atoms with van der Waals surface area (Å²) in [6, 6.07) is 10.9. The molecule has 2 aromatic carbocycles. The van der Waals surface area contributed by atoms with Crippen LogP contribution in [0.3, 0.4) is 0 Å². The minimum Gasteiger partial charge on any atom is -0.480 e. The van der Waals surface area contributed by atoms with Crippen molar-refractivity contribution in [1.82, 2.24) is 5.32 Å². The summed E-state index contributed by atoms with van der Waals surface area (Å²) < 4.78 is 16.3. The Bertz CT molecular complexity index is 1240. The van der Waals surface area contributed by atoms with E-state index < -0.39 is 17.9 Å². The van der Waals surface area contributed by atoms with E-state index in [2.05, 4.69) is 41.9 Å². The number of Topliss-reactive ketones (excluding diaryl/α,β-unsaturated/α-hetero) is 1. The molecule has 170 valence electrons. The first kappa shape index (κ1) is 23.3. The molecule has 9 heteroatoms. The maximum absolute atomic E-state index is 13.5. The van der Waals surface area contributed by atoms with Crippen molar-refractivity contribution in [3.8, 4) is 5.75 Å². The van der Waals surface area contributed by atoms with Crippen LogP contribution in [0.2, 0.25) is 0 Å². The molecule has 0 unspecified atom stereocenters. The Morgan fingerprint density at radius 3 is 2.27 bits per heavy atom. The van der Waals surface area contributed by atoms with Gasteiger partial charge in [0.2, 0.25) is 0 Å². The predicted molar refractivity (Wildman–Crippen MR) is 128 cm³/mol. The second-order valence-corrected chi connectivity index (χ2v) is 9.14. The van der Waals surface area contributed by atoms with Gasteiger partial charge in [-0.05, 0) is 56.5 Å². The van der Waals surface area contributed by atoms with Gasteiger partial charge in [-0.25, -0.2) is 9.59 Å². The average molecular weight is 577 g/mol. The third kappa shape index (κ3) is 4.00. The molecule has 4 rings (SSSR count). The Morgan fingerprint density at radius 1 is 1.03 bits per heavy atom. The van der Waals surface area contributed by atoms with E-state index >= 15 is 0 Å². The molecule has 0 radical (unpaired) electrons. The minimum absolute atomic E-state index is 0.148. The molecule has 1 aliphatic carbocycles. The van der Waals surface area contributed by atoms with Gasteiger partial charge in [0.05, 0.1) is 34.4 Å². The quantitative estimate of drug-likeness (QED) is 0.524. The molecular formula is C24H19Br2NO6. The highest BCUT2D eigenvalue weighted by Crippen LogP contribution is 2.48. The van der Waals surface area contributed by atoms with Gasteiger partial charge in [-0.3, -0.25) is 4.79 Å². The van der Waals surface area contributed by atoms with Crippen molar-refractivity contribution in [2.24, 2.45) is 0 Å². The lowest BCUT2D eigenvalue weighted by atomic mass is 9.80. The van der Waals surface area contributed by atoms with Gasteiger partial charge in [0.1, 0.15) is 5.75 Å². The van der Waals surface area contributed by atoms with Gasteiger partial charge in [-0.15, -0.1) is 0 Å². The first-order valence-corrected chi connectivity index (χ1v) is 11.5. The molecule has 33 heavy (non-hydrogen) atoms. The van der Waals surface area contributed by atoms with Crippen LogP contribution in [0.25, 0.3) is 5.70 Å². The molecule has 0 saturated heterocycles. The molecule has 1 aliphatic heterocycles. The highest BCUT2D eigenvalue weighted by molar-refractivity contribution is 9.11. The van der Waals surface area contributed by atoms with Crippen LogP contribution < -0.4 is 10.1 Å². The van der Waals surface area contributed by atoms with Crippen molar-refractivity contribution in [2.75, 3.05) is 20.8 Å². The van der Waals surface area contributed by atoms with E-state index in [9.17, 15) is 14.4 Å². The van der Waals surface area contributed by atoms with E-state index in [0.717, 1.165) is 5.56 Å². The number of carbonyl (C=O) groups excluding carboxylic acids is 3. The number of hydrogen-bond acceptors (Lipinski definition) is 7. The van der Waals surface area contributed by atoms with Gasteiger partial charge in [0.25, 0.3) is 0 Å². The van der Waals surface area contributed by atoms with E-state index in [1.807, 2.05) is 18.2 Å². The summed E-state index contributed by atoms with van der Waals surface area (Å²) in [5, 5.41) is 3.25. The monoisotopic (exact) mass is 575 g/mol. The summed E-state index contributed by atoms with van der Waals surface area (Å²) in [6.07, 6.45) is 0. The molecule has 0 aromatic heterocycles. The van der Waals surface area contributed by atoms with Crippen LogP contribution in [-0.2, 0) is 19.1 Å². The summed E-state index contributed by atoms with van der Waals surface area (Å²) in [5.74, 6) is -1.47. The van der Waals surface area contributed by atoms with E-state index in [1.54, 1.807) is 25.1 Å². The Hall–Kier alpha value is -2.91. The zero-order chi connectivity index (χ0) is 23.9. The number of ether oxygens (including phenoxy) is 3. The Balaban J connectivity index is 1.86. The molecule has 1 heterocycles. The van der Waals surface area contributed by atoms with Crippen LogP contribution in [0.15, 0.2) is 62.2 Å². The molecule has 2 aliphatic rings. The number of hydrogen-bond donors (Lipinski definition) is 1. The molecule has 0 amide bonds. The van der Waals surface area contributed by atoms with Crippen LogP contribution in [0.4, 0.5) is 0 Å². The predicted octanol–water partition coefficient (Wildman–Crippen LogP) is 4.50. The van der Waals surface area contributed by atoms with E-state index in [-0.39, 0.29) is 12.4 Å². The highest BCUT2D eigenvalue weighted by Gasteiger charge is 2.43. The molecular weight excluding hydrogens is 558 g/mol. The number of rotatable bonds is 5. The SMILES string of the molecule is COC(=O)COc1c(Br)cc([C@@H]2C(C(=O)OC)=C(C)NC3=C2C(=O)c2ccccc23)cc1Br. The highest BCUT2D eigenvalue weighted by atomic mass is 79.9. The Labute approximate surface area is 207 Å². The number of esters is 2. The average Bonchev–Trinajstić information content (AvgIpc) is 3.08. The van der Waals surface area contributed by atoms with Crippen molar-refractivity contribution < 1.29 is 28.6 Å². The minimum atomic E-state index is -0.671. The molecule has 2 aromatic rings. The summed E-state index contributed by atoms with van der Waals surface area (Å²) >= 11 is 6.97. The number of nitrogens with one attached hydrogen (secondary N) is 1. The molecule has 0 spiro atoms. The number of allylic oxidation sites excluding steroid dienone is 2. The largest absolute Gasteiger partial charge is 0.480 e. The van der Waals surface area contributed by atoms with Crippen molar-refractivity contribution in [2.45, 2.75) is 12.8 Å². The summed E-state index contributed by atoms with van der Waals surface area (Å²) in [6.45, 7) is 1.52. The maximum atomic E-state index is 13.5. The van der Waals surface area contributed by atoms with Gasteiger partial charge < -0.3 is 19.5 Å². The smallest absolute Gasteiger partial charge is 0.343 e. The van der Waals surface area contributed by atoms with E-state index in [1.165, 1.54) is 14.2 Å². The fraction of sp³-hybridized carbons (Fsp3) is 0.208. The molecule has 1 atom stereocenters. The molecule has 0 saturated carbocycles. The standard InChI is InChI=1S/C24H19Br2NO6/c1-11-18(24(30)32-3)19(20-21(27-11)13-6-4-5-7-14(13)22(20)29)12-8-15(25)23(16(26)9-12)33-10-17(28)31-2/h4-9,19,27H,10H2,1-3H3/t19-/m1/s1. The summed E-state index contributed by atoms with van der Waals surface area (Å²) in [4.78, 5) is 37.8. The van der Waals surface area contributed by atoms with Gasteiger partial charge in [-0.2, -0.15) is 0 Å². The summed E-state index contributed by atoms with van der Waals surface area (Å²) in [7, 11) is 2.59. The number of dihydropyridines is 1. The van der Waals surface area contributed by atoms with E-state index in [4.69, 9.17) is 9.47 Å². The van der Waals surface area contributed by atoms with Crippen molar-refractivity contribution >= 4 is 55.3 Å². The van der Waals surface area contributed by atoms with Gasteiger partial charge >= 0.3 is 11.9 Å². The van der Waals surface area contributed by atoms with Crippen LogP contribution in [-0.4, -0.2) is 38.5 Å². The lowest BCUT2D eigenvalue weighted by molar-refractivity contribution is -0.143. The van der Waals surface area contributed by atoms with Gasteiger partial charge in [0.15, 0.2) is 12.4 Å². The lowest BCUT2D eigenvalue weighted by Gasteiger charge is -2.29. The number of ketones is 1. The zero-order valence-electron chi connectivity index (χ0n) is 18.0. The fourth-order valence-corrected chi connectivity index (χ4v) is 5.57. The second-order valence-electron chi connectivity index (χ2n) is 7.43. The topological polar surface area (TPSA) is 90.9 Å². The second kappa shape index (κ2) is 9.15. The third-order valence-electron chi connectivity index (χ3n) is 5.57. The van der Waals surface area contributed by atoms with Crippen LogP contribution in [0.5, 0.6) is 5.75 Å². The van der Waals surface area contributed by atoms with Crippen LogP contribution in [0, 0.1) is 0 Å². The molecule has 7 nitrogen and oxygen atoms in total. The number of carbonyl (C=O) groups is 3. The Morgan fingerprint density at radius 2 is 1.67 bits per heavy atom. The van der Waals surface area contributed by atoms with Gasteiger partial charge in [-0.1, -0.05) is 24.3 Å². The van der Waals surface area contributed by atoms with Crippen molar-refractivity contribution in [1.29, 1.82) is 0 Å². The maximum Gasteiger partial charge on any atom is 0.343 e. The fourth-order valence-electron chi connectivity index (χ4n) is 4.12. The molecule has 0 bridgehead atoms. The third-order valence-corrected chi connectivity index (χ3v) is 6.75. The first-order chi connectivity index (χ1) is 15.8. The van der Waals surface area contributed by atoms with Crippen molar-refractivity contribution in [3.63, 3.8) is 0 Å². The van der Waals surface area contributed by atoms with Crippen LogP contribution in [0.1, 0.15) is 34.3 Å². The number of benzene rings is 2. The molecule has 1 N–H and O–H groups in total. The normalized spacial score (nSPS) is 16.8. The van der Waals surface area contributed by atoms with Crippen LogP contribution >= 0.6 is 31.9 Å². The lowest BCUT2D eigenvalue weighted by Crippen LogP contribution is -2.29. The van der Waals surface area contributed by atoms with Crippen molar-refractivity contribution in [3.05, 3.63) is 78.9 Å². The first-order valence-electron chi connectivity index (χ1n) is 9.91. The molecule has 0 fully saturated rings. The van der Waals surface area contributed by atoms with Gasteiger partial charge in [0, 0.05) is 28.3 Å². The number of halogens is 2. The number of methoxy groups -OCH3 is 2. The summed E-state index contributed by atoms with van der Waals surface area (Å²) in [5.41, 5.74) is 4.16. The Kier molecular flexibility index (Phi) is 6.45. The zero-order valence-corrected chi connectivity index (χ0v) is 21.1. The number of fused-ring (bicyclic) bond motifs is 2. The van der Waals surface area contributed by atoms with E-state index in [0.29, 0.717) is 48.4 Å².